The second-order valence-electron chi connectivity index (χ2n) is 6.49. The van der Waals surface area contributed by atoms with Gasteiger partial charge in [0.05, 0.1) is 0 Å². The highest BCUT2D eigenvalue weighted by Gasteiger charge is 2.16. The number of nitrogens with one attached hydrogen (secondary N) is 1. The summed E-state index contributed by atoms with van der Waals surface area (Å²) in [4.78, 5) is 25.6. The molecule has 0 fully saturated rings. The van der Waals surface area contributed by atoms with Gasteiger partial charge < -0.3 is 15.1 Å². The molecule has 0 aliphatic rings. The van der Waals surface area contributed by atoms with E-state index in [1.807, 2.05) is 26.8 Å². The topological polar surface area (TPSA) is 61.4 Å². The molecule has 0 spiro atoms. The van der Waals surface area contributed by atoms with E-state index in [9.17, 15) is 4.79 Å². The molecule has 2 rings (SSSR count). The Hall–Kier alpha value is -2.63. The molecule has 1 N–H and O–H groups in total. The van der Waals surface area contributed by atoms with Crippen molar-refractivity contribution in [3.63, 3.8) is 0 Å². The molecule has 2 aromatic rings. The van der Waals surface area contributed by atoms with Crippen molar-refractivity contribution in [2.75, 3.05) is 36.4 Å². The van der Waals surface area contributed by atoms with E-state index in [-0.39, 0.29) is 5.91 Å². The number of aromatic nitrogens is 2. The van der Waals surface area contributed by atoms with Crippen LogP contribution in [0.2, 0.25) is 0 Å². The van der Waals surface area contributed by atoms with Gasteiger partial charge in [-0.2, -0.15) is 0 Å². The number of carbonyl (C=O) groups is 1. The number of carbonyl (C=O) groups excluding carboxylic acids is 1. The molecule has 0 atom stereocenters. The minimum absolute atomic E-state index is 0.0675. The fourth-order valence-electron chi connectivity index (χ4n) is 3.10. The first-order valence-electron chi connectivity index (χ1n) is 9.70. The molecule has 27 heavy (non-hydrogen) atoms. The maximum absolute atomic E-state index is 12.6. The van der Waals surface area contributed by atoms with E-state index >= 15 is 0 Å². The molecule has 1 aromatic heterocycles. The summed E-state index contributed by atoms with van der Waals surface area (Å²) in [5.74, 6) is 0.381. The van der Waals surface area contributed by atoms with Gasteiger partial charge in [-0.15, -0.1) is 0 Å². The molecule has 6 heteroatoms. The number of hydrogen-bond acceptors (Lipinski definition) is 5. The van der Waals surface area contributed by atoms with Crippen molar-refractivity contribution in [3.05, 3.63) is 41.2 Å². The number of aryl methyl sites for hydroxylation is 2. The second kappa shape index (κ2) is 9.35. The van der Waals surface area contributed by atoms with Gasteiger partial charge in [-0.25, -0.2) is 9.97 Å². The van der Waals surface area contributed by atoms with Gasteiger partial charge in [0.2, 0.25) is 5.95 Å². The molecule has 1 heterocycles. The van der Waals surface area contributed by atoms with Crippen molar-refractivity contribution in [1.29, 1.82) is 0 Å². The fourth-order valence-corrected chi connectivity index (χ4v) is 3.10. The molecular weight excluding hydrogens is 338 g/mol. The predicted molar refractivity (Wildman–Crippen MR) is 112 cm³/mol. The summed E-state index contributed by atoms with van der Waals surface area (Å²) < 4.78 is 0. The summed E-state index contributed by atoms with van der Waals surface area (Å²) in [6.07, 6.45) is 0. The molecular formula is C21H31N5O. The monoisotopic (exact) mass is 369 g/mol. The number of benzene rings is 1. The third-order valence-corrected chi connectivity index (χ3v) is 4.71. The van der Waals surface area contributed by atoms with E-state index in [0.29, 0.717) is 24.7 Å². The minimum Gasteiger partial charge on any atom is -0.372 e. The van der Waals surface area contributed by atoms with E-state index in [4.69, 9.17) is 0 Å². The zero-order valence-corrected chi connectivity index (χ0v) is 17.3. The first-order valence-corrected chi connectivity index (χ1v) is 9.70. The van der Waals surface area contributed by atoms with Crippen molar-refractivity contribution in [2.24, 2.45) is 0 Å². The van der Waals surface area contributed by atoms with Crippen molar-refractivity contribution in [3.8, 4) is 0 Å². The minimum atomic E-state index is -0.0675. The third kappa shape index (κ3) is 4.96. The summed E-state index contributed by atoms with van der Waals surface area (Å²) in [6, 6.07) is 8.04. The van der Waals surface area contributed by atoms with E-state index in [1.165, 1.54) is 5.69 Å². The Morgan fingerprint density at radius 1 is 0.963 bits per heavy atom. The molecule has 0 unspecified atom stereocenters. The Morgan fingerprint density at radius 3 is 2.19 bits per heavy atom. The van der Waals surface area contributed by atoms with Gasteiger partial charge in [-0.1, -0.05) is 0 Å². The van der Waals surface area contributed by atoms with Crippen LogP contribution in [0.4, 0.5) is 17.3 Å². The highest BCUT2D eigenvalue weighted by Crippen LogP contribution is 2.24. The SMILES string of the molecule is CCN(CC)C(=O)c1cc(C)nc(Nc2ccc(N(CC)CC)cc2C)n1. The number of amides is 1. The Balaban J connectivity index is 2.28. The highest BCUT2D eigenvalue weighted by atomic mass is 16.2. The van der Waals surface area contributed by atoms with E-state index < -0.39 is 0 Å². The molecule has 0 bridgehead atoms. The van der Waals surface area contributed by atoms with Crippen LogP contribution in [-0.2, 0) is 0 Å². The standard InChI is InChI=1S/C21H31N5O/c1-7-25(8-2)17-11-12-18(15(5)13-17)23-21-22-16(6)14-19(24-21)20(27)26(9-3)10-4/h11-14H,7-10H2,1-6H3,(H,22,23,24). The normalized spacial score (nSPS) is 10.6. The highest BCUT2D eigenvalue weighted by molar-refractivity contribution is 5.92. The number of nitrogens with zero attached hydrogens (tertiary/aromatic N) is 4. The quantitative estimate of drug-likeness (QED) is 0.757. The van der Waals surface area contributed by atoms with Crippen molar-refractivity contribution in [1.82, 2.24) is 14.9 Å². The van der Waals surface area contributed by atoms with Crippen LogP contribution in [0.25, 0.3) is 0 Å². The van der Waals surface area contributed by atoms with Crippen LogP contribution in [0, 0.1) is 13.8 Å². The van der Waals surface area contributed by atoms with Crippen LogP contribution in [0.5, 0.6) is 0 Å². The van der Waals surface area contributed by atoms with Crippen molar-refractivity contribution in [2.45, 2.75) is 41.5 Å². The van der Waals surface area contributed by atoms with Crippen molar-refractivity contribution < 1.29 is 4.79 Å². The Kier molecular flexibility index (Phi) is 7.16. The lowest BCUT2D eigenvalue weighted by atomic mass is 10.1. The lowest BCUT2D eigenvalue weighted by molar-refractivity contribution is 0.0767. The van der Waals surface area contributed by atoms with Crippen LogP contribution in [0.1, 0.15) is 49.4 Å². The van der Waals surface area contributed by atoms with Gasteiger partial charge in [-0.3, -0.25) is 4.79 Å². The van der Waals surface area contributed by atoms with Gasteiger partial charge in [0.15, 0.2) is 0 Å². The van der Waals surface area contributed by atoms with E-state index in [0.717, 1.165) is 30.0 Å². The van der Waals surface area contributed by atoms with Crippen LogP contribution in [-0.4, -0.2) is 47.0 Å². The molecule has 0 aliphatic heterocycles. The molecule has 1 amide bonds. The lowest BCUT2D eigenvalue weighted by Crippen LogP contribution is -2.31. The smallest absolute Gasteiger partial charge is 0.272 e. The van der Waals surface area contributed by atoms with Gasteiger partial charge >= 0.3 is 0 Å². The van der Waals surface area contributed by atoms with Crippen molar-refractivity contribution >= 4 is 23.2 Å². The van der Waals surface area contributed by atoms with Gasteiger partial charge in [0.1, 0.15) is 5.69 Å². The second-order valence-corrected chi connectivity index (χ2v) is 6.49. The average Bonchev–Trinajstić information content (AvgIpc) is 2.65. The summed E-state index contributed by atoms with van der Waals surface area (Å²) in [7, 11) is 0. The number of rotatable bonds is 8. The zero-order chi connectivity index (χ0) is 20.0. The Morgan fingerprint density at radius 2 is 1.63 bits per heavy atom. The van der Waals surface area contributed by atoms with Gasteiger partial charge in [-0.05, 0) is 71.4 Å². The summed E-state index contributed by atoms with van der Waals surface area (Å²) in [5.41, 5.74) is 4.44. The van der Waals surface area contributed by atoms with Gasteiger partial charge in [0, 0.05) is 43.2 Å². The van der Waals surface area contributed by atoms with Crippen LogP contribution >= 0.6 is 0 Å². The molecule has 1 aromatic carbocycles. The Labute approximate surface area is 162 Å². The summed E-state index contributed by atoms with van der Waals surface area (Å²) in [6.45, 7) is 15.4. The Bertz CT molecular complexity index is 782. The lowest BCUT2D eigenvalue weighted by Gasteiger charge is -2.22. The first kappa shape index (κ1) is 20.7. The molecule has 0 radical (unpaired) electrons. The summed E-state index contributed by atoms with van der Waals surface area (Å²) >= 11 is 0. The maximum atomic E-state index is 12.6. The van der Waals surface area contributed by atoms with Crippen LogP contribution < -0.4 is 10.2 Å². The average molecular weight is 370 g/mol. The molecule has 0 saturated heterocycles. The maximum Gasteiger partial charge on any atom is 0.272 e. The first-order chi connectivity index (χ1) is 12.9. The van der Waals surface area contributed by atoms with Crippen LogP contribution in [0.15, 0.2) is 24.3 Å². The van der Waals surface area contributed by atoms with Gasteiger partial charge in [0.25, 0.3) is 5.91 Å². The summed E-state index contributed by atoms with van der Waals surface area (Å²) in [5, 5.41) is 3.27. The zero-order valence-electron chi connectivity index (χ0n) is 17.3. The fraction of sp³-hybridized carbons (Fsp3) is 0.476. The largest absolute Gasteiger partial charge is 0.372 e. The molecule has 0 aliphatic carbocycles. The molecule has 146 valence electrons. The predicted octanol–water partition coefficient (Wildman–Crippen LogP) is 4.17. The van der Waals surface area contributed by atoms with E-state index in [2.05, 4.69) is 53.1 Å². The van der Waals surface area contributed by atoms with E-state index in [1.54, 1.807) is 11.0 Å². The number of anilines is 3. The molecule has 6 nitrogen and oxygen atoms in total. The van der Waals surface area contributed by atoms with Crippen LogP contribution in [0.3, 0.4) is 0 Å². The number of hydrogen-bond donors (Lipinski definition) is 1. The third-order valence-electron chi connectivity index (χ3n) is 4.71. The molecule has 0 saturated carbocycles.